The highest BCUT2D eigenvalue weighted by Crippen LogP contribution is 2.49. The lowest BCUT2D eigenvalue weighted by atomic mass is 9.77. The summed E-state index contributed by atoms with van der Waals surface area (Å²) in [5.41, 5.74) is -3.15. The van der Waals surface area contributed by atoms with E-state index in [1.54, 1.807) is 24.3 Å². The Morgan fingerprint density at radius 2 is 1.53 bits per heavy atom. The van der Waals surface area contributed by atoms with Crippen LogP contribution in [0.1, 0.15) is 17.0 Å². The molecular weight excluding hydrogens is 460 g/mol. The monoisotopic (exact) mass is 476 g/mol. The molecule has 2 aliphatic rings. The zero-order chi connectivity index (χ0) is 22.1. The first-order valence-electron chi connectivity index (χ1n) is 8.88. The van der Waals surface area contributed by atoms with Crippen molar-refractivity contribution in [3.05, 3.63) is 60.7 Å². The van der Waals surface area contributed by atoms with E-state index >= 15 is 0 Å². The predicted molar refractivity (Wildman–Crippen MR) is 107 cm³/mol. The zero-order valence-corrected chi connectivity index (χ0v) is 18.1. The Morgan fingerprint density at radius 1 is 0.933 bits per heavy atom. The molecule has 2 aromatic rings. The van der Waals surface area contributed by atoms with Crippen molar-refractivity contribution in [1.82, 2.24) is 18.9 Å². The summed E-state index contributed by atoms with van der Waals surface area (Å²) < 4.78 is 8.52. The maximum Gasteiger partial charge on any atom is 0.333 e. The number of amides is 4. The van der Waals surface area contributed by atoms with Gasteiger partial charge in [0.15, 0.2) is 0 Å². The molecule has 1 fully saturated rings. The van der Waals surface area contributed by atoms with Crippen molar-refractivity contribution in [2.24, 2.45) is 14.1 Å². The molecule has 0 aliphatic carbocycles. The summed E-state index contributed by atoms with van der Waals surface area (Å²) in [6.07, 6.45) is 0. The first-order chi connectivity index (χ1) is 14.0. The number of rotatable bonds is 1. The Balaban J connectivity index is 2.13. The van der Waals surface area contributed by atoms with Gasteiger partial charge in [-0.2, -0.15) is 0 Å². The van der Waals surface area contributed by atoms with Crippen LogP contribution in [0.5, 0.6) is 5.88 Å². The number of fused-ring (bicyclic) bond motifs is 1. The van der Waals surface area contributed by atoms with E-state index < -0.39 is 40.6 Å². The van der Waals surface area contributed by atoms with Gasteiger partial charge in [-0.25, -0.2) is 9.59 Å². The molecule has 4 amide bonds. The summed E-state index contributed by atoms with van der Waals surface area (Å²) in [5.74, 6) is -3.17. The molecule has 3 heterocycles. The van der Waals surface area contributed by atoms with Crippen LogP contribution in [-0.2, 0) is 23.7 Å². The predicted octanol–water partition coefficient (Wildman–Crippen LogP) is 0.160. The van der Waals surface area contributed by atoms with E-state index in [1.807, 2.05) is 0 Å². The van der Waals surface area contributed by atoms with Gasteiger partial charge in [0.1, 0.15) is 0 Å². The standard InChI is InChI=1S/C19H17BrN4O6/c1-21-13(25)11-12(9-6-5-7-10(20)8-9)19(30-14(11)22(2)17(21)28)15(26)23(3)18(29)24(4)16(19)27/h5-8,12H,1-4H3. The minimum Gasteiger partial charge on any atom is -0.450 e. The summed E-state index contributed by atoms with van der Waals surface area (Å²) in [7, 11) is 5.15. The van der Waals surface area contributed by atoms with Crippen molar-refractivity contribution in [2.75, 3.05) is 14.1 Å². The fourth-order valence-electron chi connectivity index (χ4n) is 4.05. The Bertz CT molecular complexity index is 1240. The Labute approximate surface area is 178 Å². The second-order valence-electron chi connectivity index (χ2n) is 7.26. The van der Waals surface area contributed by atoms with E-state index in [0.29, 0.717) is 10.0 Å². The van der Waals surface area contributed by atoms with Gasteiger partial charge < -0.3 is 4.74 Å². The third kappa shape index (κ3) is 2.32. The minimum absolute atomic E-state index is 0.00412. The minimum atomic E-state index is -2.24. The van der Waals surface area contributed by atoms with Crippen LogP contribution < -0.4 is 16.0 Å². The molecule has 11 heteroatoms. The van der Waals surface area contributed by atoms with Gasteiger partial charge in [-0.05, 0) is 17.7 Å². The average Bonchev–Trinajstić information content (AvgIpc) is 3.09. The van der Waals surface area contributed by atoms with Crippen LogP contribution in [0.4, 0.5) is 4.79 Å². The highest BCUT2D eigenvalue weighted by atomic mass is 79.9. The summed E-state index contributed by atoms with van der Waals surface area (Å²) in [6.45, 7) is 0. The van der Waals surface area contributed by atoms with Crippen molar-refractivity contribution in [1.29, 1.82) is 0 Å². The molecule has 10 nitrogen and oxygen atoms in total. The van der Waals surface area contributed by atoms with Gasteiger partial charge >= 0.3 is 11.7 Å². The number of halogens is 1. The molecular formula is C19H17BrN4O6. The third-order valence-electron chi connectivity index (χ3n) is 5.60. The molecule has 4 rings (SSSR count). The van der Waals surface area contributed by atoms with Crippen LogP contribution in [0.3, 0.4) is 0 Å². The summed E-state index contributed by atoms with van der Waals surface area (Å²) in [5, 5.41) is 0. The highest BCUT2D eigenvalue weighted by molar-refractivity contribution is 9.10. The molecule has 30 heavy (non-hydrogen) atoms. The number of carbonyl (C=O) groups is 3. The van der Waals surface area contributed by atoms with Crippen molar-refractivity contribution >= 4 is 33.8 Å². The van der Waals surface area contributed by atoms with Crippen LogP contribution in [0.25, 0.3) is 0 Å². The number of likely N-dealkylation sites (N-methyl/N-ethyl adjacent to an activating group) is 2. The average molecular weight is 477 g/mol. The number of ether oxygens (including phenoxy) is 1. The number of imide groups is 2. The van der Waals surface area contributed by atoms with E-state index in [2.05, 4.69) is 15.9 Å². The molecule has 1 unspecified atom stereocenters. The van der Waals surface area contributed by atoms with Gasteiger partial charge in [0.2, 0.25) is 5.88 Å². The summed E-state index contributed by atoms with van der Waals surface area (Å²) in [4.78, 5) is 66.2. The Hall–Kier alpha value is -3.21. The Morgan fingerprint density at radius 3 is 2.10 bits per heavy atom. The number of nitrogens with zero attached hydrogens (tertiary/aromatic N) is 4. The molecule has 0 bridgehead atoms. The molecule has 1 saturated heterocycles. The fraction of sp³-hybridized carbons (Fsp3) is 0.316. The largest absolute Gasteiger partial charge is 0.450 e. The number of aromatic nitrogens is 2. The third-order valence-corrected chi connectivity index (χ3v) is 6.09. The van der Waals surface area contributed by atoms with E-state index in [0.717, 1.165) is 18.9 Å². The first kappa shape index (κ1) is 20.1. The number of barbiturate groups is 1. The van der Waals surface area contributed by atoms with Crippen molar-refractivity contribution < 1.29 is 19.1 Å². The summed E-state index contributed by atoms with van der Waals surface area (Å²) >= 11 is 3.36. The molecule has 2 aliphatic heterocycles. The lowest BCUT2D eigenvalue weighted by Crippen LogP contribution is -2.70. The molecule has 156 valence electrons. The number of hydrogen-bond acceptors (Lipinski definition) is 6. The molecule has 0 N–H and O–H groups in total. The van der Waals surface area contributed by atoms with E-state index in [9.17, 15) is 24.0 Å². The Kier molecular flexibility index (Phi) is 4.28. The van der Waals surface area contributed by atoms with E-state index in [1.165, 1.54) is 28.2 Å². The number of hydrogen-bond donors (Lipinski definition) is 0. The smallest absolute Gasteiger partial charge is 0.333 e. The van der Waals surface area contributed by atoms with E-state index in [-0.39, 0.29) is 11.4 Å². The van der Waals surface area contributed by atoms with Gasteiger partial charge in [-0.3, -0.25) is 33.3 Å². The van der Waals surface area contributed by atoms with Gasteiger partial charge in [-0.15, -0.1) is 0 Å². The van der Waals surface area contributed by atoms with Crippen LogP contribution in [0.15, 0.2) is 38.3 Å². The molecule has 0 radical (unpaired) electrons. The topological polar surface area (TPSA) is 111 Å². The number of carbonyl (C=O) groups excluding carboxylic acids is 3. The van der Waals surface area contributed by atoms with Crippen LogP contribution in [0, 0.1) is 0 Å². The van der Waals surface area contributed by atoms with Crippen LogP contribution in [0.2, 0.25) is 0 Å². The summed E-state index contributed by atoms with van der Waals surface area (Å²) in [6, 6.07) is 5.93. The van der Waals surface area contributed by atoms with Crippen LogP contribution >= 0.6 is 15.9 Å². The fourth-order valence-corrected chi connectivity index (χ4v) is 4.46. The second-order valence-corrected chi connectivity index (χ2v) is 8.18. The first-order valence-corrected chi connectivity index (χ1v) is 9.68. The molecule has 1 aromatic heterocycles. The van der Waals surface area contributed by atoms with Gasteiger partial charge in [-0.1, -0.05) is 28.1 Å². The molecule has 1 spiro atoms. The maximum absolute atomic E-state index is 13.4. The van der Waals surface area contributed by atoms with Crippen LogP contribution in [-0.4, -0.2) is 56.5 Å². The quantitative estimate of drug-likeness (QED) is 0.542. The van der Waals surface area contributed by atoms with Crippen molar-refractivity contribution in [3.8, 4) is 5.88 Å². The lowest BCUT2D eigenvalue weighted by molar-refractivity contribution is -0.164. The van der Waals surface area contributed by atoms with Gasteiger partial charge in [0.25, 0.3) is 23.0 Å². The van der Waals surface area contributed by atoms with Crippen molar-refractivity contribution in [3.63, 3.8) is 0 Å². The maximum atomic E-state index is 13.4. The second kappa shape index (κ2) is 6.39. The number of urea groups is 1. The van der Waals surface area contributed by atoms with Gasteiger partial charge in [0.05, 0.1) is 11.5 Å². The lowest BCUT2D eigenvalue weighted by Gasteiger charge is -2.41. The highest BCUT2D eigenvalue weighted by Gasteiger charge is 2.68. The molecule has 1 aromatic carbocycles. The van der Waals surface area contributed by atoms with Gasteiger partial charge in [0, 0.05) is 32.7 Å². The van der Waals surface area contributed by atoms with E-state index in [4.69, 9.17) is 4.74 Å². The number of benzene rings is 1. The van der Waals surface area contributed by atoms with Crippen molar-refractivity contribution in [2.45, 2.75) is 11.5 Å². The SMILES string of the molecule is CN1C(=O)N(C)C(=O)C2(Oc3c(c(=O)n(C)c(=O)n3C)C2c2cccc(Br)c2)C1=O. The normalized spacial score (nSPS) is 20.0. The zero-order valence-electron chi connectivity index (χ0n) is 16.5. The molecule has 0 saturated carbocycles. The molecule has 1 atom stereocenters.